The number of hydrogen-bond acceptors (Lipinski definition) is 6. The minimum absolute atomic E-state index is 0.0107. The highest BCUT2D eigenvalue weighted by Gasteiger charge is 2.19. The van der Waals surface area contributed by atoms with Crippen LogP contribution in [0.15, 0.2) is 5.51 Å². The van der Waals surface area contributed by atoms with E-state index < -0.39 is 0 Å². The summed E-state index contributed by atoms with van der Waals surface area (Å²) in [5.74, 6) is 0.894. The van der Waals surface area contributed by atoms with E-state index in [9.17, 15) is 0 Å². The van der Waals surface area contributed by atoms with Crippen molar-refractivity contribution in [1.29, 1.82) is 0 Å². The molecular weight excluding hydrogens is 252 g/mol. The Morgan fingerprint density at radius 2 is 2.12 bits per heavy atom. The third-order valence-corrected chi connectivity index (χ3v) is 3.95. The monoisotopic (exact) mass is 268 g/mol. The quantitative estimate of drug-likeness (QED) is 0.928. The van der Waals surface area contributed by atoms with Crippen molar-refractivity contribution in [3.05, 3.63) is 21.9 Å². The summed E-state index contributed by atoms with van der Waals surface area (Å²) in [6.45, 7) is 9.15. The average molecular weight is 268 g/mol. The molecule has 0 aliphatic carbocycles. The molecular formula is C11H16N4S2. The molecule has 2 aromatic heterocycles. The van der Waals surface area contributed by atoms with Crippen LogP contribution in [0.3, 0.4) is 0 Å². The van der Waals surface area contributed by atoms with Gasteiger partial charge in [-0.2, -0.15) is 4.37 Å². The lowest BCUT2D eigenvalue weighted by atomic mass is 9.96. The second kappa shape index (κ2) is 4.70. The molecule has 0 fully saturated rings. The van der Waals surface area contributed by atoms with E-state index in [-0.39, 0.29) is 5.41 Å². The van der Waals surface area contributed by atoms with Gasteiger partial charge in [0.2, 0.25) is 5.13 Å². The second-order valence-corrected chi connectivity index (χ2v) is 6.58. The Hall–Kier alpha value is -1.01. The summed E-state index contributed by atoms with van der Waals surface area (Å²) >= 11 is 3.08. The van der Waals surface area contributed by atoms with Crippen LogP contribution in [0.5, 0.6) is 0 Å². The van der Waals surface area contributed by atoms with Gasteiger partial charge >= 0.3 is 0 Å². The summed E-state index contributed by atoms with van der Waals surface area (Å²) in [6, 6.07) is 0. The van der Waals surface area contributed by atoms with Crippen molar-refractivity contribution in [2.24, 2.45) is 0 Å². The van der Waals surface area contributed by atoms with E-state index in [0.717, 1.165) is 23.2 Å². The summed E-state index contributed by atoms with van der Waals surface area (Å²) in [6.07, 6.45) is 0. The fourth-order valence-corrected chi connectivity index (χ4v) is 2.72. The lowest BCUT2D eigenvalue weighted by molar-refractivity contribution is 0.555. The molecule has 17 heavy (non-hydrogen) atoms. The molecule has 2 heterocycles. The van der Waals surface area contributed by atoms with E-state index in [0.29, 0.717) is 0 Å². The Morgan fingerprint density at radius 3 is 2.65 bits per heavy atom. The predicted octanol–water partition coefficient (Wildman–Crippen LogP) is 3.21. The SMILES string of the molecule is Cc1ncsc1CNc1nc(C(C)(C)C)ns1. The molecule has 2 aromatic rings. The zero-order valence-electron chi connectivity index (χ0n) is 10.4. The maximum absolute atomic E-state index is 4.49. The van der Waals surface area contributed by atoms with Gasteiger partial charge in [0.05, 0.1) is 17.7 Å². The summed E-state index contributed by atoms with van der Waals surface area (Å²) in [7, 11) is 0. The van der Waals surface area contributed by atoms with Crippen LogP contribution in [0.4, 0.5) is 5.13 Å². The minimum Gasteiger partial charge on any atom is -0.355 e. The van der Waals surface area contributed by atoms with E-state index >= 15 is 0 Å². The molecule has 2 rings (SSSR count). The smallest absolute Gasteiger partial charge is 0.202 e. The molecule has 92 valence electrons. The van der Waals surface area contributed by atoms with Gasteiger partial charge < -0.3 is 5.32 Å². The summed E-state index contributed by atoms with van der Waals surface area (Å²) in [4.78, 5) is 9.96. The molecule has 6 heteroatoms. The predicted molar refractivity (Wildman–Crippen MR) is 72.8 cm³/mol. The van der Waals surface area contributed by atoms with Crippen LogP contribution in [0.1, 0.15) is 37.2 Å². The number of aromatic nitrogens is 3. The Bertz CT molecular complexity index is 496. The third-order valence-electron chi connectivity index (χ3n) is 2.34. The van der Waals surface area contributed by atoms with Gasteiger partial charge in [-0.05, 0) is 6.92 Å². The van der Waals surface area contributed by atoms with Crippen LogP contribution in [-0.4, -0.2) is 14.3 Å². The van der Waals surface area contributed by atoms with Crippen molar-refractivity contribution in [3.63, 3.8) is 0 Å². The molecule has 0 amide bonds. The van der Waals surface area contributed by atoms with Crippen molar-refractivity contribution in [3.8, 4) is 0 Å². The van der Waals surface area contributed by atoms with Crippen molar-refractivity contribution in [1.82, 2.24) is 14.3 Å². The largest absolute Gasteiger partial charge is 0.355 e. The van der Waals surface area contributed by atoms with Crippen LogP contribution in [-0.2, 0) is 12.0 Å². The van der Waals surface area contributed by atoms with Gasteiger partial charge in [-0.1, -0.05) is 20.8 Å². The number of hydrogen-bond donors (Lipinski definition) is 1. The van der Waals surface area contributed by atoms with Crippen LogP contribution in [0, 0.1) is 6.92 Å². The van der Waals surface area contributed by atoms with E-state index in [2.05, 4.69) is 40.4 Å². The van der Waals surface area contributed by atoms with Gasteiger partial charge in [-0.25, -0.2) is 9.97 Å². The number of rotatable bonds is 3. The zero-order chi connectivity index (χ0) is 12.5. The van der Waals surface area contributed by atoms with Gasteiger partial charge in [0.15, 0.2) is 0 Å². The van der Waals surface area contributed by atoms with Gasteiger partial charge in [0, 0.05) is 21.8 Å². The lowest BCUT2D eigenvalue weighted by Gasteiger charge is -2.12. The molecule has 0 unspecified atom stereocenters. The first kappa shape index (κ1) is 12.4. The Balaban J connectivity index is 2.01. The minimum atomic E-state index is 0.0107. The molecule has 0 radical (unpaired) electrons. The number of thiazole rings is 1. The molecule has 0 atom stereocenters. The van der Waals surface area contributed by atoms with Gasteiger partial charge in [-0.15, -0.1) is 11.3 Å². The molecule has 0 aromatic carbocycles. The molecule has 4 nitrogen and oxygen atoms in total. The molecule has 0 bridgehead atoms. The lowest BCUT2D eigenvalue weighted by Crippen LogP contribution is -2.13. The topological polar surface area (TPSA) is 50.7 Å². The first-order chi connectivity index (χ1) is 7.97. The van der Waals surface area contributed by atoms with Crippen molar-refractivity contribution < 1.29 is 0 Å². The molecule has 0 aliphatic rings. The maximum atomic E-state index is 4.49. The maximum Gasteiger partial charge on any atom is 0.202 e. The van der Waals surface area contributed by atoms with E-state index in [1.165, 1.54) is 16.4 Å². The third kappa shape index (κ3) is 3.01. The molecule has 0 saturated heterocycles. The molecule has 0 saturated carbocycles. The van der Waals surface area contributed by atoms with Crippen molar-refractivity contribution in [2.75, 3.05) is 5.32 Å². The molecule has 0 spiro atoms. The van der Waals surface area contributed by atoms with Crippen molar-refractivity contribution in [2.45, 2.75) is 39.7 Å². The summed E-state index contributed by atoms with van der Waals surface area (Å²) in [5.41, 5.74) is 2.97. The molecule has 1 N–H and O–H groups in total. The van der Waals surface area contributed by atoms with Gasteiger partial charge in [-0.3, -0.25) is 0 Å². The summed E-state index contributed by atoms with van der Waals surface area (Å²) in [5, 5.41) is 4.17. The van der Waals surface area contributed by atoms with Crippen molar-refractivity contribution >= 4 is 28.0 Å². The Kier molecular flexibility index (Phi) is 3.44. The van der Waals surface area contributed by atoms with E-state index in [4.69, 9.17) is 0 Å². The first-order valence-corrected chi connectivity index (χ1v) is 7.09. The standard InChI is InChI=1S/C11H16N4S2/c1-7-8(16-6-13-7)5-12-10-14-9(15-17-10)11(2,3)4/h6H,5H2,1-4H3,(H,12,14,15). The fourth-order valence-electron chi connectivity index (χ4n) is 1.25. The Labute approximate surface area is 109 Å². The number of nitrogens with zero attached hydrogens (tertiary/aromatic N) is 3. The van der Waals surface area contributed by atoms with E-state index in [1.54, 1.807) is 11.3 Å². The second-order valence-electron chi connectivity index (χ2n) is 4.89. The zero-order valence-corrected chi connectivity index (χ0v) is 12.1. The molecule has 0 aliphatic heterocycles. The highest BCUT2D eigenvalue weighted by molar-refractivity contribution is 7.10. The highest BCUT2D eigenvalue weighted by atomic mass is 32.1. The van der Waals surface area contributed by atoms with Crippen LogP contribution in [0.2, 0.25) is 0 Å². The average Bonchev–Trinajstić information content (AvgIpc) is 2.82. The van der Waals surface area contributed by atoms with E-state index in [1.807, 2.05) is 12.4 Å². The van der Waals surface area contributed by atoms with Crippen LogP contribution < -0.4 is 5.32 Å². The summed E-state index contributed by atoms with van der Waals surface area (Å²) < 4.78 is 4.37. The van der Waals surface area contributed by atoms with Gasteiger partial charge in [0.1, 0.15) is 5.82 Å². The van der Waals surface area contributed by atoms with Gasteiger partial charge in [0.25, 0.3) is 0 Å². The van der Waals surface area contributed by atoms with Crippen LogP contribution in [0.25, 0.3) is 0 Å². The normalized spacial score (nSPS) is 11.8. The first-order valence-electron chi connectivity index (χ1n) is 5.44. The number of nitrogens with one attached hydrogen (secondary N) is 1. The number of anilines is 1. The van der Waals surface area contributed by atoms with Crippen LogP contribution >= 0.6 is 22.9 Å². The fraction of sp³-hybridized carbons (Fsp3) is 0.545. The Morgan fingerprint density at radius 1 is 1.35 bits per heavy atom. The number of aryl methyl sites for hydroxylation is 1. The highest BCUT2D eigenvalue weighted by Crippen LogP contribution is 2.23.